The summed E-state index contributed by atoms with van der Waals surface area (Å²) in [4.78, 5) is 25.6. The zero-order chi connectivity index (χ0) is 20.2. The quantitative estimate of drug-likeness (QED) is 0.489. The first-order valence-electron chi connectivity index (χ1n) is 8.70. The van der Waals surface area contributed by atoms with Crippen LogP contribution in [0.15, 0.2) is 64.5 Å². The Labute approximate surface area is 169 Å². The molecule has 1 N–H and O–H groups in total. The van der Waals surface area contributed by atoms with E-state index in [2.05, 4.69) is 15.6 Å². The molecule has 8 nitrogen and oxygen atoms in total. The second-order valence-electron chi connectivity index (χ2n) is 6.09. The lowest BCUT2D eigenvalue weighted by Crippen LogP contribution is -2.22. The predicted octanol–water partition coefficient (Wildman–Crippen LogP) is 3.69. The van der Waals surface area contributed by atoms with Crippen molar-refractivity contribution in [3.8, 4) is 16.3 Å². The first-order valence-corrected chi connectivity index (χ1v) is 9.58. The minimum absolute atomic E-state index is 0.227. The SMILES string of the molecule is Cc1cc(NC(=O)COC(=O)c2cc(-c3cccs3)nn2-c2ccccc2)no1. The van der Waals surface area contributed by atoms with E-state index >= 15 is 0 Å². The molecule has 0 fully saturated rings. The number of aryl methyl sites for hydroxylation is 1. The van der Waals surface area contributed by atoms with Gasteiger partial charge in [0.1, 0.15) is 11.5 Å². The minimum atomic E-state index is -0.657. The summed E-state index contributed by atoms with van der Waals surface area (Å²) >= 11 is 1.52. The van der Waals surface area contributed by atoms with Crippen LogP contribution in [-0.4, -0.2) is 33.4 Å². The lowest BCUT2D eigenvalue weighted by atomic mass is 10.3. The maximum Gasteiger partial charge on any atom is 0.357 e. The van der Waals surface area contributed by atoms with Crippen LogP contribution in [0.1, 0.15) is 16.2 Å². The fourth-order valence-electron chi connectivity index (χ4n) is 2.65. The normalized spacial score (nSPS) is 10.7. The topological polar surface area (TPSA) is 99.2 Å². The highest BCUT2D eigenvalue weighted by atomic mass is 32.1. The number of para-hydroxylation sites is 1. The van der Waals surface area contributed by atoms with E-state index in [1.165, 1.54) is 16.0 Å². The van der Waals surface area contributed by atoms with Crippen LogP contribution in [0.25, 0.3) is 16.3 Å². The molecule has 0 spiro atoms. The monoisotopic (exact) mass is 408 g/mol. The number of thiophene rings is 1. The number of anilines is 1. The van der Waals surface area contributed by atoms with Crippen molar-refractivity contribution in [2.24, 2.45) is 0 Å². The summed E-state index contributed by atoms with van der Waals surface area (Å²) in [6.07, 6.45) is 0. The number of hydrogen-bond donors (Lipinski definition) is 1. The number of hydrogen-bond acceptors (Lipinski definition) is 7. The third-order valence-electron chi connectivity index (χ3n) is 3.92. The number of benzene rings is 1. The van der Waals surface area contributed by atoms with E-state index in [0.29, 0.717) is 17.1 Å². The minimum Gasteiger partial charge on any atom is -0.451 e. The molecule has 0 aliphatic heterocycles. The van der Waals surface area contributed by atoms with Gasteiger partial charge in [0.25, 0.3) is 5.91 Å². The van der Waals surface area contributed by atoms with Crippen molar-refractivity contribution < 1.29 is 18.8 Å². The fraction of sp³-hybridized carbons (Fsp3) is 0.100. The number of rotatable bonds is 6. The van der Waals surface area contributed by atoms with E-state index in [4.69, 9.17) is 9.26 Å². The number of nitrogens with one attached hydrogen (secondary N) is 1. The summed E-state index contributed by atoms with van der Waals surface area (Å²) in [5, 5.41) is 12.6. The predicted molar refractivity (Wildman–Crippen MR) is 107 cm³/mol. The molecule has 9 heteroatoms. The lowest BCUT2D eigenvalue weighted by molar-refractivity contribution is -0.119. The summed E-state index contributed by atoms with van der Waals surface area (Å²) in [5.41, 5.74) is 1.59. The molecular weight excluding hydrogens is 392 g/mol. The van der Waals surface area contributed by atoms with Gasteiger partial charge in [0.05, 0.1) is 10.6 Å². The average molecular weight is 408 g/mol. The number of aromatic nitrogens is 3. The Kier molecular flexibility index (Phi) is 5.21. The van der Waals surface area contributed by atoms with E-state index in [1.54, 1.807) is 19.1 Å². The molecule has 4 rings (SSSR count). The van der Waals surface area contributed by atoms with Crippen molar-refractivity contribution in [3.63, 3.8) is 0 Å². The Morgan fingerprint density at radius 1 is 1.17 bits per heavy atom. The zero-order valence-corrected chi connectivity index (χ0v) is 16.2. The van der Waals surface area contributed by atoms with Crippen molar-refractivity contribution >= 4 is 29.0 Å². The smallest absolute Gasteiger partial charge is 0.357 e. The van der Waals surface area contributed by atoms with Crippen LogP contribution in [0.5, 0.6) is 0 Å². The van der Waals surface area contributed by atoms with E-state index in [1.807, 2.05) is 47.8 Å². The molecule has 1 amide bonds. The second kappa shape index (κ2) is 8.11. The van der Waals surface area contributed by atoms with Crippen molar-refractivity contribution in [3.05, 3.63) is 71.4 Å². The fourth-order valence-corrected chi connectivity index (χ4v) is 3.33. The highest BCUT2D eigenvalue weighted by Crippen LogP contribution is 2.26. The Hall–Kier alpha value is -3.72. The Balaban J connectivity index is 1.53. The molecule has 3 heterocycles. The number of nitrogens with zero attached hydrogens (tertiary/aromatic N) is 3. The van der Waals surface area contributed by atoms with Crippen LogP contribution < -0.4 is 5.32 Å². The van der Waals surface area contributed by atoms with Gasteiger partial charge in [0.2, 0.25) is 0 Å². The second-order valence-corrected chi connectivity index (χ2v) is 7.03. The molecule has 0 aliphatic rings. The third kappa shape index (κ3) is 4.25. The van der Waals surface area contributed by atoms with Gasteiger partial charge in [0, 0.05) is 12.1 Å². The van der Waals surface area contributed by atoms with Gasteiger partial charge < -0.3 is 14.6 Å². The Morgan fingerprint density at radius 2 is 2.00 bits per heavy atom. The molecule has 29 heavy (non-hydrogen) atoms. The van der Waals surface area contributed by atoms with Crippen molar-refractivity contribution in [1.29, 1.82) is 0 Å². The lowest BCUT2D eigenvalue weighted by Gasteiger charge is -2.07. The van der Waals surface area contributed by atoms with E-state index in [0.717, 1.165) is 4.88 Å². The third-order valence-corrected chi connectivity index (χ3v) is 4.82. The molecule has 4 aromatic rings. The summed E-state index contributed by atoms with van der Waals surface area (Å²) < 4.78 is 11.6. The van der Waals surface area contributed by atoms with E-state index < -0.39 is 18.5 Å². The van der Waals surface area contributed by atoms with E-state index in [9.17, 15) is 9.59 Å². The highest BCUT2D eigenvalue weighted by molar-refractivity contribution is 7.13. The molecule has 0 saturated heterocycles. The average Bonchev–Trinajstić information content (AvgIpc) is 3.47. The summed E-state index contributed by atoms with van der Waals surface area (Å²) in [6.45, 7) is 1.25. The first kappa shape index (κ1) is 18.6. The van der Waals surface area contributed by atoms with Gasteiger partial charge in [-0.1, -0.05) is 29.4 Å². The molecule has 0 unspecified atom stereocenters. The van der Waals surface area contributed by atoms with Crippen molar-refractivity contribution in [2.75, 3.05) is 11.9 Å². The van der Waals surface area contributed by atoms with E-state index in [-0.39, 0.29) is 11.5 Å². The number of amides is 1. The Morgan fingerprint density at radius 3 is 2.69 bits per heavy atom. The van der Waals surface area contributed by atoms with Crippen molar-refractivity contribution in [2.45, 2.75) is 6.92 Å². The number of carbonyl (C=O) groups excluding carboxylic acids is 2. The molecule has 0 bridgehead atoms. The molecular formula is C20H16N4O4S. The van der Waals surface area contributed by atoms with Crippen LogP contribution >= 0.6 is 11.3 Å². The van der Waals surface area contributed by atoms with Gasteiger partial charge in [-0.3, -0.25) is 4.79 Å². The largest absolute Gasteiger partial charge is 0.451 e. The van der Waals surface area contributed by atoms with Crippen LogP contribution in [0.2, 0.25) is 0 Å². The van der Waals surface area contributed by atoms with Crippen LogP contribution in [-0.2, 0) is 9.53 Å². The maximum absolute atomic E-state index is 12.7. The van der Waals surface area contributed by atoms with Crippen LogP contribution in [0.4, 0.5) is 5.82 Å². The molecule has 0 radical (unpaired) electrons. The molecule has 0 atom stereocenters. The van der Waals surface area contributed by atoms with Gasteiger partial charge in [-0.15, -0.1) is 11.3 Å². The number of ether oxygens (including phenoxy) is 1. The summed E-state index contributed by atoms with van der Waals surface area (Å²) in [7, 11) is 0. The molecule has 0 saturated carbocycles. The standard InChI is InChI=1S/C20H16N4O4S/c1-13-10-18(23-28-13)21-19(25)12-27-20(26)16-11-15(17-8-5-9-29-17)22-24(16)14-6-3-2-4-7-14/h2-11H,12H2,1H3,(H,21,23,25). The molecule has 0 aliphatic carbocycles. The zero-order valence-electron chi connectivity index (χ0n) is 15.4. The van der Waals surface area contributed by atoms with Gasteiger partial charge in [-0.25, -0.2) is 9.48 Å². The van der Waals surface area contributed by atoms with Crippen LogP contribution in [0, 0.1) is 6.92 Å². The van der Waals surface area contributed by atoms with Gasteiger partial charge in [-0.2, -0.15) is 5.10 Å². The molecule has 3 aromatic heterocycles. The van der Waals surface area contributed by atoms with Crippen molar-refractivity contribution in [1.82, 2.24) is 14.9 Å². The number of carbonyl (C=O) groups is 2. The molecule has 1 aromatic carbocycles. The van der Waals surface area contributed by atoms with Gasteiger partial charge >= 0.3 is 5.97 Å². The Bertz CT molecular complexity index is 1130. The van der Waals surface area contributed by atoms with Gasteiger partial charge in [0.15, 0.2) is 18.1 Å². The first-order chi connectivity index (χ1) is 14.1. The van der Waals surface area contributed by atoms with Gasteiger partial charge in [-0.05, 0) is 30.5 Å². The summed E-state index contributed by atoms with van der Waals surface area (Å²) in [5.74, 6) is -0.352. The maximum atomic E-state index is 12.7. The summed E-state index contributed by atoms with van der Waals surface area (Å²) in [6, 6.07) is 16.3. The number of esters is 1. The molecule has 146 valence electrons. The highest BCUT2D eigenvalue weighted by Gasteiger charge is 2.20. The van der Waals surface area contributed by atoms with Crippen LogP contribution in [0.3, 0.4) is 0 Å².